The van der Waals surface area contributed by atoms with Crippen LogP contribution in [-0.4, -0.2) is 15.2 Å². The number of fused-ring (bicyclic) bond motifs is 1. The Morgan fingerprint density at radius 2 is 2.14 bits per heavy atom. The number of pyridine rings is 1. The van der Waals surface area contributed by atoms with Crippen molar-refractivity contribution in [1.82, 2.24) is 9.38 Å². The molecule has 0 atom stereocenters. The number of Topliss-reactive ketones (excluding diaryl/α,β-unsaturated/α-hetero) is 1. The van der Waals surface area contributed by atoms with Crippen molar-refractivity contribution in [3.8, 4) is 0 Å². The molecule has 0 fully saturated rings. The van der Waals surface area contributed by atoms with Crippen LogP contribution >= 0.6 is 0 Å². The molecular formula is C11H14N2O. The number of ketones is 1. The van der Waals surface area contributed by atoms with E-state index in [0.29, 0.717) is 0 Å². The Hall–Kier alpha value is -1.64. The lowest BCUT2D eigenvalue weighted by Crippen LogP contribution is -1.95. The molecule has 2 rings (SSSR count). The first-order chi connectivity index (χ1) is 6.79. The lowest BCUT2D eigenvalue weighted by atomic mass is 10.2. The second-order valence-electron chi connectivity index (χ2n) is 2.66. The number of carbonyl (C=O) groups excluding carboxylic acids is 1. The van der Waals surface area contributed by atoms with E-state index >= 15 is 0 Å². The first-order valence-corrected chi connectivity index (χ1v) is 4.70. The molecule has 0 unspecified atom stereocenters. The molecule has 0 aliphatic rings. The van der Waals surface area contributed by atoms with Crippen LogP contribution in [0.25, 0.3) is 5.52 Å². The smallest absolute Gasteiger partial charge is 0.161 e. The maximum absolute atomic E-state index is 11.1. The molecule has 0 aromatic carbocycles. The lowest BCUT2D eigenvalue weighted by molar-refractivity contribution is 0.101. The summed E-state index contributed by atoms with van der Waals surface area (Å²) in [5.41, 5.74) is 1.58. The van der Waals surface area contributed by atoms with Crippen molar-refractivity contribution in [3.63, 3.8) is 0 Å². The van der Waals surface area contributed by atoms with Crippen molar-refractivity contribution in [3.05, 3.63) is 36.4 Å². The molecule has 0 saturated heterocycles. The molecular weight excluding hydrogens is 176 g/mol. The number of nitrogens with zero attached hydrogens (tertiary/aromatic N) is 2. The van der Waals surface area contributed by atoms with E-state index in [1.54, 1.807) is 25.5 Å². The highest BCUT2D eigenvalue weighted by atomic mass is 16.1. The maximum atomic E-state index is 11.1. The summed E-state index contributed by atoms with van der Waals surface area (Å²) in [4.78, 5) is 15.1. The molecule has 2 heterocycles. The molecule has 14 heavy (non-hydrogen) atoms. The molecule has 0 aliphatic carbocycles. The van der Waals surface area contributed by atoms with E-state index in [1.807, 2.05) is 30.5 Å². The first kappa shape index (κ1) is 10.4. The highest BCUT2D eigenvalue weighted by Crippen LogP contribution is 2.09. The van der Waals surface area contributed by atoms with Crippen molar-refractivity contribution in [1.29, 1.82) is 0 Å². The molecule has 0 N–H and O–H groups in total. The third-order valence-electron chi connectivity index (χ3n) is 1.83. The van der Waals surface area contributed by atoms with E-state index in [0.717, 1.165) is 11.1 Å². The van der Waals surface area contributed by atoms with Crippen molar-refractivity contribution in [2.75, 3.05) is 0 Å². The molecule has 74 valence electrons. The van der Waals surface area contributed by atoms with Gasteiger partial charge in [0.25, 0.3) is 0 Å². The molecule has 0 amide bonds. The summed E-state index contributed by atoms with van der Waals surface area (Å²) in [5, 5.41) is 0. The van der Waals surface area contributed by atoms with Gasteiger partial charge in [-0.1, -0.05) is 13.8 Å². The van der Waals surface area contributed by atoms with Crippen LogP contribution in [0.4, 0.5) is 0 Å². The predicted octanol–water partition coefficient (Wildman–Crippen LogP) is 2.56. The quantitative estimate of drug-likeness (QED) is 0.648. The van der Waals surface area contributed by atoms with Gasteiger partial charge in [0.15, 0.2) is 5.78 Å². The van der Waals surface area contributed by atoms with Gasteiger partial charge in [0.05, 0.1) is 18.0 Å². The third-order valence-corrected chi connectivity index (χ3v) is 1.83. The summed E-state index contributed by atoms with van der Waals surface area (Å²) in [6, 6.07) is 3.64. The molecule has 0 radical (unpaired) electrons. The number of aromatic nitrogens is 2. The molecule has 0 saturated carbocycles. The SMILES string of the molecule is CC.CC(=O)c1cccn2cncc12. The minimum Gasteiger partial charge on any atom is -0.306 e. The van der Waals surface area contributed by atoms with Crippen LogP contribution in [0.1, 0.15) is 31.1 Å². The fraction of sp³-hybridized carbons (Fsp3) is 0.273. The maximum Gasteiger partial charge on any atom is 0.161 e. The monoisotopic (exact) mass is 190 g/mol. The van der Waals surface area contributed by atoms with Crippen LogP contribution in [0.15, 0.2) is 30.9 Å². The number of hydrogen-bond acceptors (Lipinski definition) is 2. The average Bonchev–Trinajstić information content (AvgIpc) is 2.67. The summed E-state index contributed by atoms with van der Waals surface area (Å²) in [7, 11) is 0. The van der Waals surface area contributed by atoms with Gasteiger partial charge in [0, 0.05) is 11.8 Å². The van der Waals surface area contributed by atoms with Crippen molar-refractivity contribution >= 4 is 11.3 Å². The predicted molar refractivity (Wildman–Crippen MR) is 56.5 cm³/mol. The van der Waals surface area contributed by atoms with Gasteiger partial charge in [-0.2, -0.15) is 0 Å². The van der Waals surface area contributed by atoms with E-state index < -0.39 is 0 Å². The minimum absolute atomic E-state index is 0.0705. The zero-order valence-corrected chi connectivity index (χ0v) is 8.69. The van der Waals surface area contributed by atoms with Crippen LogP contribution < -0.4 is 0 Å². The number of carbonyl (C=O) groups is 1. The van der Waals surface area contributed by atoms with E-state index in [4.69, 9.17) is 0 Å². The van der Waals surface area contributed by atoms with Crippen molar-refractivity contribution in [2.24, 2.45) is 0 Å². The summed E-state index contributed by atoms with van der Waals surface area (Å²) in [6.07, 6.45) is 5.24. The summed E-state index contributed by atoms with van der Waals surface area (Å²) in [6.45, 7) is 5.56. The van der Waals surface area contributed by atoms with Crippen LogP contribution in [0.5, 0.6) is 0 Å². The van der Waals surface area contributed by atoms with Crippen LogP contribution in [0.3, 0.4) is 0 Å². The van der Waals surface area contributed by atoms with E-state index in [1.165, 1.54) is 0 Å². The molecule has 2 aromatic heterocycles. The summed E-state index contributed by atoms with van der Waals surface area (Å²) >= 11 is 0. The zero-order chi connectivity index (χ0) is 10.6. The molecule has 0 spiro atoms. The molecule has 0 bridgehead atoms. The second-order valence-corrected chi connectivity index (χ2v) is 2.66. The Morgan fingerprint density at radius 3 is 2.79 bits per heavy atom. The van der Waals surface area contributed by atoms with Gasteiger partial charge in [-0.3, -0.25) is 4.79 Å². The number of imidazole rings is 1. The van der Waals surface area contributed by atoms with Gasteiger partial charge >= 0.3 is 0 Å². The normalized spacial score (nSPS) is 9.36. The van der Waals surface area contributed by atoms with Gasteiger partial charge in [-0.15, -0.1) is 0 Å². The Bertz CT molecular complexity index is 432. The van der Waals surface area contributed by atoms with Crippen molar-refractivity contribution < 1.29 is 4.79 Å². The Kier molecular flexibility index (Phi) is 3.40. The van der Waals surface area contributed by atoms with Crippen LogP contribution in [0, 0.1) is 0 Å². The highest BCUT2D eigenvalue weighted by molar-refractivity contribution is 6.00. The second kappa shape index (κ2) is 4.56. The van der Waals surface area contributed by atoms with Crippen LogP contribution in [0.2, 0.25) is 0 Å². The third kappa shape index (κ3) is 1.82. The van der Waals surface area contributed by atoms with E-state index in [-0.39, 0.29) is 5.78 Å². The first-order valence-electron chi connectivity index (χ1n) is 4.70. The van der Waals surface area contributed by atoms with Gasteiger partial charge in [0.2, 0.25) is 0 Å². The fourth-order valence-corrected chi connectivity index (χ4v) is 1.25. The average molecular weight is 190 g/mol. The standard InChI is InChI=1S/C9H8N2O.C2H6/c1-7(12)8-3-2-4-11-6-10-5-9(8)11;1-2/h2-6H,1H3;1-2H3. The highest BCUT2D eigenvalue weighted by Gasteiger charge is 2.04. The topological polar surface area (TPSA) is 34.4 Å². The van der Waals surface area contributed by atoms with Crippen molar-refractivity contribution in [2.45, 2.75) is 20.8 Å². The molecule has 3 heteroatoms. The van der Waals surface area contributed by atoms with Gasteiger partial charge < -0.3 is 4.40 Å². The number of rotatable bonds is 1. The fourth-order valence-electron chi connectivity index (χ4n) is 1.25. The van der Waals surface area contributed by atoms with E-state index in [9.17, 15) is 4.79 Å². The Balaban J connectivity index is 0.000000461. The van der Waals surface area contributed by atoms with Gasteiger partial charge in [0.1, 0.15) is 0 Å². The molecule has 2 aromatic rings. The van der Waals surface area contributed by atoms with E-state index in [2.05, 4.69) is 4.98 Å². The lowest BCUT2D eigenvalue weighted by Gasteiger charge is -1.97. The zero-order valence-electron chi connectivity index (χ0n) is 8.69. The molecule has 3 nitrogen and oxygen atoms in total. The molecule has 0 aliphatic heterocycles. The Labute approximate surface area is 83.4 Å². The van der Waals surface area contributed by atoms with Gasteiger partial charge in [-0.25, -0.2) is 4.98 Å². The van der Waals surface area contributed by atoms with Gasteiger partial charge in [-0.05, 0) is 19.1 Å². The summed E-state index contributed by atoms with van der Waals surface area (Å²) < 4.78 is 1.83. The largest absolute Gasteiger partial charge is 0.306 e. The number of hydrogen-bond donors (Lipinski definition) is 0. The Morgan fingerprint density at radius 1 is 1.43 bits per heavy atom. The van der Waals surface area contributed by atoms with Crippen LogP contribution in [-0.2, 0) is 0 Å². The summed E-state index contributed by atoms with van der Waals surface area (Å²) in [5.74, 6) is 0.0705. The minimum atomic E-state index is 0.0705.